The van der Waals surface area contributed by atoms with E-state index in [0.717, 1.165) is 10.2 Å². The highest BCUT2D eigenvalue weighted by Gasteiger charge is 2.17. The van der Waals surface area contributed by atoms with Crippen molar-refractivity contribution < 1.29 is 13.2 Å². The molecule has 0 spiro atoms. The Labute approximate surface area is 153 Å². The van der Waals surface area contributed by atoms with Crippen LogP contribution in [0.1, 0.15) is 10.4 Å². The second-order valence-electron chi connectivity index (χ2n) is 5.18. The minimum absolute atomic E-state index is 0.0375. The van der Waals surface area contributed by atoms with Gasteiger partial charge in [-0.1, -0.05) is 35.1 Å². The Morgan fingerprint density at radius 1 is 1.24 bits per heavy atom. The molecule has 1 N–H and O–H groups in total. The molecule has 25 heavy (non-hydrogen) atoms. The van der Waals surface area contributed by atoms with Crippen LogP contribution in [0.5, 0.6) is 0 Å². The molecule has 1 heterocycles. The molecule has 0 atom stereocenters. The number of benzene rings is 2. The lowest BCUT2D eigenvalue weighted by Crippen LogP contribution is -2.19. The molecular weight excluding hydrogens is 382 g/mol. The van der Waals surface area contributed by atoms with E-state index in [9.17, 15) is 13.2 Å². The van der Waals surface area contributed by atoms with E-state index in [4.69, 9.17) is 11.6 Å². The Bertz CT molecular complexity index is 1150. The van der Waals surface area contributed by atoms with Gasteiger partial charge in [0.05, 0.1) is 25.7 Å². The predicted molar refractivity (Wildman–Crippen MR) is 98.4 cm³/mol. The third-order valence-electron chi connectivity index (χ3n) is 3.66. The number of fused-ring (bicyclic) bond motifs is 1. The molecule has 9 heteroatoms. The third-order valence-corrected chi connectivity index (χ3v) is 6.51. The normalized spacial score (nSPS) is 12.7. The zero-order valence-corrected chi connectivity index (χ0v) is 15.7. The SMILES string of the molecule is CNS(=O)(=O)c1ccc(Cl)c(C(=O)N=c2sc3ccccc3n2C)c1. The third kappa shape index (κ3) is 3.38. The Kier molecular flexibility index (Phi) is 4.79. The summed E-state index contributed by atoms with van der Waals surface area (Å²) in [6, 6.07) is 11.6. The number of nitrogens with one attached hydrogen (secondary N) is 1. The molecule has 0 unspecified atom stereocenters. The number of rotatable bonds is 3. The molecule has 0 aliphatic rings. The summed E-state index contributed by atoms with van der Waals surface area (Å²) < 4.78 is 28.8. The summed E-state index contributed by atoms with van der Waals surface area (Å²) in [5.74, 6) is -0.597. The van der Waals surface area contributed by atoms with Gasteiger partial charge >= 0.3 is 0 Å². The molecule has 2 aromatic carbocycles. The number of aryl methyl sites for hydroxylation is 1. The number of para-hydroxylation sites is 1. The average molecular weight is 396 g/mol. The standard InChI is InChI=1S/C16H14ClN3O3S2/c1-18-25(22,23)10-7-8-12(17)11(9-10)15(21)19-16-20(2)13-5-3-4-6-14(13)24-16/h3-9,18H,1-2H3. The molecule has 0 saturated heterocycles. The molecule has 0 aliphatic carbocycles. The van der Waals surface area contributed by atoms with Crippen molar-refractivity contribution >= 4 is 49.1 Å². The Morgan fingerprint density at radius 2 is 1.96 bits per heavy atom. The van der Waals surface area contributed by atoms with Gasteiger partial charge in [0.2, 0.25) is 10.0 Å². The van der Waals surface area contributed by atoms with Crippen molar-refractivity contribution in [3.8, 4) is 0 Å². The van der Waals surface area contributed by atoms with Gasteiger partial charge in [-0.05, 0) is 37.4 Å². The summed E-state index contributed by atoms with van der Waals surface area (Å²) in [5.41, 5.74) is 0.993. The first-order chi connectivity index (χ1) is 11.8. The number of amides is 1. The first-order valence-electron chi connectivity index (χ1n) is 7.20. The summed E-state index contributed by atoms with van der Waals surface area (Å²) in [6.45, 7) is 0. The zero-order valence-electron chi connectivity index (χ0n) is 13.4. The van der Waals surface area contributed by atoms with Gasteiger partial charge < -0.3 is 4.57 Å². The van der Waals surface area contributed by atoms with E-state index in [0.29, 0.717) is 4.80 Å². The molecule has 0 radical (unpaired) electrons. The van der Waals surface area contributed by atoms with Crippen molar-refractivity contribution in [3.05, 3.63) is 57.9 Å². The van der Waals surface area contributed by atoms with Gasteiger partial charge in [-0.15, -0.1) is 0 Å². The van der Waals surface area contributed by atoms with E-state index in [1.54, 1.807) is 4.57 Å². The number of thiazole rings is 1. The predicted octanol–water partition coefficient (Wildman–Crippen LogP) is 2.54. The molecule has 130 valence electrons. The second kappa shape index (κ2) is 6.72. The average Bonchev–Trinajstić information content (AvgIpc) is 2.91. The van der Waals surface area contributed by atoms with E-state index in [-0.39, 0.29) is 15.5 Å². The maximum Gasteiger partial charge on any atom is 0.281 e. The fraction of sp³-hybridized carbons (Fsp3) is 0.125. The van der Waals surface area contributed by atoms with Crippen molar-refractivity contribution in [2.45, 2.75) is 4.90 Å². The molecule has 6 nitrogen and oxygen atoms in total. The van der Waals surface area contributed by atoms with Crippen molar-refractivity contribution in [3.63, 3.8) is 0 Å². The number of hydrogen-bond acceptors (Lipinski definition) is 4. The summed E-state index contributed by atoms with van der Waals surface area (Å²) in [4.78, 5) is 17.1. The molecule has 0 saturated carbocycles. The lowest BCUT2D eigenvalue weighted by atomic mass is 10.2. The summed E-state index contributed by atoms with van der Waals surface area (Å²) >= 11 is 7.44. The van der Waals surface area contributed by atoms with E-state index in [1.165, 1.54) is 36.6 Å². The molecule has 0 bridgehead atoms. The van der Waals surface area contributed by atoms with Gasteiger partial charge in [-0.3, -0.25) is 4.79 Å². The fourth-order valence-electron chi connectivity index (χ4n) is 2.29. The second-order valence-corrected chi connectivity index (χ2v) is 8.48. The van der Waals surface area contributed by atoms with Crippen LogP contribution >= 0.6 is 22.9 Å². The van der Waals surface area contributed by atoms with Crippen LogP contribution in [0.4, 0.5) is 0 Å². The fourth-order valence-corrected chi connectivity index (χ4v) is 4.26. The number of nitrogens with zero attached hydrogens (tertiary/aromatic N) is 2. The van der Waals surface area contributed by atoms with Crippen LogP contribution in [0.25, 0.3) is 10.2 Å². The lowest BCUT2D eigenvalue weighted by molar-refractivity contribution is 0.0998. The van der Waals surface area contributed by atoms with Gasteiger partial charge in [0.15, 0.2) is 4.80 Å². The van der Waals surface area contributed by atoms with Crippen molar-refractivity contribution in [1.29, 1.82) is 0 Å². The van der Waals surface area contributed by atoms with Crippen LogP contribution in [-0.2, 0) is 17.1 Å². The minimum Gasteiger partial charge on any atom is -0.319 e. The van der Waals surface area contributed by atoms with Gasteiger partial charge in [-0.2, -0.15) is 4.99 Å². The highest BCUT2D eigenvalue weighted by molar-refractivity contribution is 7.89. The van der Waals surface area contributed by atoms with Crippen LogP contribution in [0, 0.1) is 0 Å². The molecule has 3 rings (SSSR count). The molecule has 0 fully saturated rings. The summed E-state index contributed by atoms with van der Waals surface area (Å²) in [5, 5.41) is 0.146. The van der Waals surface area contributed by atoms with E-state index in [2.05, 4.69) is 9.71 Å². The molecule has 0 aliphatic heterocycles. The minimum atomic E-state index is -3.68. The maximum absolute atomic E-state index is 12.6. The number of carbonyl (C=O) groups is 1. The highest BCUT2D eigenvalue weighted by atomic mass is 35.5. The van der Waals surface area contributed by atoms with Crippen LogP contribution in [0.15, 0.2) is 52.4 Å². The van der Waals surface area contributed by atoms with E-state index in [1.807, 2.05) is 31.3 Å². The van der Waals surface area contributed by atoms with Crippen LogP contribution in [-0.4, -0.2) is 25.9 Å². The van der Waals surface area contributed by atoms with E-state index >= 15 is 0 Å². The Hall–Kier alpha value is -2.00. The largest absolute Gasteiger partial charge is 0.319 e. The van der Waals surface area contributed by atoms with Crippen LogP contribution < -0.4 is 9.52 Å². The quantitative estimate of drug-likeness (QED) is 0.740. The Morgan fingerprint density at radius 3 is 2.64 bits per heavy atom. The first-order valence-corrected chi connectivity index (χ1v) is 9.88. The topological polar surface area (TPSA) is 80.5 Å². The molecule has 3 aromatic rings. The highest BCUT2D eigenvalue weighted by Crippen LogP contribution is 2.21. The van der Waals surface area contributed by atoms with E-state index < -0.39 is 15.9 Å². The van der Waals surface area contributed by atoms with Crippen LogP contribution in [0.3, 0.4) is 0 Å². The zero-order chi connectivity index (χ0) is 18.2. The number of aromatic nitrogens is 1. The van der Waals surface area contributed by atoms with Gasteiger partial charge in [0, 0.05) is 7.05 Å². The van der Waals surface area contributed by atoms with Crippen molar-refractivity contribution in [2.24, 2.45) is 12.0 Å². The van der Waals surface area contributed by atoms with Crippen molar-refractivity contribution in [1.82, 2.24) is 9.29 Å². The van der Waals surface area contributed by atoms with Crippen molar-refractivity contribution in [2.75, 3.05) is 7.05 Å². The lowest BCUT2D eigenvalue weighted by Gasteiger charge is -2.05. The maximum atomic E-state index is 12.6. The number of carbonyl (C=O) groups excluding carboxylic acids is 1. The van der Waals surface area contributed by atoms with Crippen LogP contribution in [0.2, 0.25) is 5.02 Å². The number of sulfonamides is 1. The number of hydrogen-bond donors (Lipinski definition) is 1. The first kappa shape index (κ1) is 17.8. The Balaban J connectivity index is 2.12. The monoisotopic (exact) mass is 395 g/mol. The van der Waals surface area contributed by atoms with Gasteiger partial charge in [0.25, 0.3) is 5.91 Å². The number of halogens is 1. The van der Waals surface area contributed by atoms with Gasteiger partial charge in [0.1, 0.15) is 0 Å². The molecule has 1 aromatic heterocycles. The summed E-state index contributed by atoms with van der Waals surface area (Å²) in [7, 11) is -0.565. The van der Waals surface area contributed by atoms with Gasteiger partial charge in [-0.25, -0.2) is 13.1 Å². The smallest absolute Gasteiger partial charge is 0.281 e. The summed E-state index contributed by atoms with van der Waals surface area (Å²) in [6.07, 6.45) is 0. The molecule has 1 amide bonds. The molecular formula is C16H14ClN3O3S2.